The van der Waals surface area contributed by atoms with Crippen molar-refractivity contribution < 1.29 is 33.6 Å². The summed E-state index contributed by atoms with van der Waals surface area (Å²) in [5.41, 5.74) is 5.00. The van der Waals surface area contributed by atoms with Gasteiger partial charge in [-0.25, -0.2) is 4.79 Å². The summed E-state index contributed by atoms with van der Waals surface area (Å²) in [5.74, 6) is 0.183. The Labute approximate surface area is 251 Å². The lowest BCUT2D eigenvalue weighted by atomic mass is 9.71. The minimum Gasteiger partial charge on any atom is -0.504 e. The third kappa shape index (κ3) is 6.23. The lowest BCUT2D eigenvalue weighted by Crippen LogP contribution is -2.36. The monoisotopic (exact) mass is 583 g/mol. The topological polar surface area (TPSA) is 103 Å². The van der Waals surface area contributed by atoms with E-state index in [1.165, 1.54) is 6.07 Å². The van der Waals surface area contributed by atoms with Gasteiger partial charge in [0.2, 0.25) is 0 Å². The van der Waals surface area contributed by atoms with Crippen LogP contribution < -0.4 is 19.5 Å². The highest BCUT2D eigenvalue weighted by molar-refractivity contribution is 6.04. The molecule has 0 saturated carbocycles. The first-order chi connectivity index (χ1) is 20.8. The van der Waals surface area contributed by atoms with Gasteiger partial charge < -0.3 is 29.4 Å². The third-order valence-corrected chi connectivity index (χ3v) is 8.01. The first kappa shape index (κ1) is 29.8. The van der Waals surface area contributed by atoms with Gasteiger partial charge in [-0.3, -0.25) is 4.79 Å². The van der Waals surface area contributed by atoms with Crippen LogP contribution in [-0.2, 0) is 20.7 Å². The smallest absolute Gasteiger partial charge is 0.336 e. The van der Waals surface area contributed by atoms with Gasteiger partial charge in [0.1, 0.15) is 0 Å². The van der Waals surface area contributed by atoms with Crippen LogP contribution >= 0.6 is 0 Å². The second-order valence-corrected chi connectivity index (χ2v) is 10.7. The zero-order chi connectivity index (χ0) is 30.5. The highest BCUT2D eigenvalue weighted by atomic mass is 16.5. The number of carbonyl (C=O) groups is 2. The van der Waals surface area contributed by atoms with Gasteiger partial charge in [0.25, 0.3) is 0 Å². The van der Waals surface area contributed by atoms with Gasteiger partial charge in [-0.15, -0.1) is 0 Å². The quantitative estimate of drug-likeness (QED) is 0.282. The molecule has 0 aromatic heterocycles. The molecule has 1 heterocycles. The first-order valence-corrected chi connectivity index (χ1v) is 14.5. The number of allylic oxidation sites excluding steroid dienone is 3. The maximum absolute atomic E-state index is 14.0. The van der Waals surface area contributed by atoms with Crippen LogP contribution in [0, 0.1) is 0 Å². The molecule has 2 aliphatic rings. The van der Waals surface area contributed by atoms with Crippen molar-refractivity contribution >= 4 is 11.8 Å². The van der Waals surface area contributed by atoms with E-state index in [0.717, 1.165) is 16.8 Å². The molecule has 8 heteroatoms. The number of ketones is 1. The van der Waals surface area contributed by atoms with Gasteiger partial charge in [0, 0.05) is 35.7 Å². The van der Waals surface area contributed by atoms with Gasteiger partial charge in [-0.2, -0.15) is 0 Å². The number of benzene rings is 3. The molecule has 0 spiro atoms. The van der Waals surface area contributed by atoms with Crippen LogP contribution in [0.2, 0.25) is 0 Å². The Morgan fingerprint density at radius 2 is 1.65 bits per heavy atom. The first-order valence-electron chi connectivity index (χ1n) is 14.5. The number of hydrogen-bond donors (Lipinski definition) is 2. The number of nitrogens with one attached hydrogen (secondary N) is 1. The number of hydrogen-bond acceptors (Lipinski definition) is 8. The predicted molar refractivity (Wildman–Crippen MR) is 163 cm³/mol. The van der Waals surface area contributed by atoms with Crippen molar-refractivity contribution in [3.05, 3.63) is 106 Å². The molecule has 5 rings (SSSR count). The molecule has 2 N–H and O–H groups in total. The zero-order valence-corrected chi connectivity index (χ0v) is 24.9. The number of dihydropyridines is 1. The van der Waals surface area contributed by atoms with Crippen molar-refractivity contribution in [1.29, 1.82) is 0 Å². The van der Waals surface area contributed by atoms with E-state index in [1.54, 1.807) is 26.4 Å². The molecule has 43 heavy (non-hydrogen) atoms. The number of esters is 1. The summed E-state index contributed by atoms with van der Waals surface area (Å²) in [6.07, 6.45) is 1.40. The average Bonchev–Trinajstić information content (AvgIpc) is 3.01. The van der Waals surface area contributed by atoms with E-state index in [-0.39, 0.29) is 30.5 Å². The molecule has 0 unspecified atom stereocenters. The van der Waals surface area contributed by atoms with E-state index in [0.29, 0.717) is 59.1 Å². The molecule has 1 aliphatic heterocycles. The number of Topliss-reactive ketones (excluding diaryl/α,β-unsaturated/α-hetero) is 1. The molecule has 2 atom stereocenters. The average molecular weight is 584 g/mol. The number of phenolic OH excluding ortho intramolecular Hbond substituents is 1. The zero-order valence-electron chi connectivity index (χ0n) is 24.9. The largest absolute Gasteiger partial charge is 0.504 e. The van der Waals surface area contributed by atoms with Gasteiger partial charge in [0.15, 0.2) is 28.8 Å². The molecule has 3 aromatic carbocycles. The second kappa shape index (κ2) is 13.1. The number of ether oxygens (including phenoxy) is 4. The van der Waals surface area contributed by atoms with Crippen LogP contribution in [0.15, 0.2) is 89.3 Å². The lowest BCUT2D eigenvalue weighted by Gasteiger charge is -2.37. The number of aromatic hydroxyl groups is 1. The fourth-order valence-corrected chi connectivity index (χ4v) is 5.95. The summed E-state index contributed by atoms with van der Waals surface area (Å²) < 4.78 is 22.3. The SMILES string of the molecule is CCOc1cc([C@H]2C(C(=O)OCCc3ccccc3)=C(C)NC3=C2C(=O)C[C@H](c2ccc(OC)c(OC)c2)C3)ccc1O. The van der Waals surface area contributed by atoms with E-state index in [2.05, 4.69) is 5.32 Å². The van der Waals surface area contributed by atoms with Crippen LogP contribution in [0.4, 0.5) is 0 Å². The Kier molecular flexibility index (Phi) is 9.04. The fourth-order valence-electron chi connectivity index (χ4n) is 5.95. The van der Waals surface area contributed by atoms with E-state index in [4.69, 9.17) is 18.9 Å². The maximum Gasteiger partial charge on any atom is 0.336 e. The summed E-state index contributed by atoms with van der Waals surface area (Å²) in [5, 5.41) is 13.8. The Bertz CT molecular complexity index is 1570. The lowest BCUT2D eigenvalue weighted by molar-refractivity contribution is -0.139. The van der Waals surface area contributed by atoms with Crippen molar-refractivity contribution in [1.82, 2.24) is 5.32 Å². The van der Waals surface area contributed by atoms with Crippen LogP contribution in [0.3, 0.4) is 0 Å². The van der Waals surface area contributed by atoms with Crippen LogP contribution in [0.5, 0.6) is 23.0 Å². The summed E-state index contributed by atoms with van der Waals surface area (Å²) in [6, 6.07) is 20.5. The number of phenols is 1. The Balaban J connectivity index is 1.50. The second-order valence-electron chi connectivity index (χ2n) is 10.7. The van der Waals surface area contributed by atoms with Crippen LogP contribution in [-0.4, -0.2) is 44.3 Å². The highest BCUT2D eigenvalue weighted by Crippen LogP contribution is 2.47. The van der Waals surface area contributed by atoms with Crippen molar-refractivity contribution in [2.75, 3.05) is 27.4 Å². The third-order valence-electron chi connectivity index (χ3n) is 8.01. The normalized spacial score (nSPS) is 18.1. The predicted octanol–water partition coefficient (Wildman–Crippen LogP) is 5.96. The standard InChI is InChI=1S/C35H37NO7/c1-5-42-30-20-24(11-13-27(30)37)33-32(35(39)43-16-15-22-9-7-6-8-10-22)21(2)36-26-17-25(18-28(38)34(26)33)23-12-14-29(40-3)31(19-23)41-4/h6-14,19-20,25,33,36-37H,5,15-18H2,1-4H3/t25-,33+/m1/s1. The van der Waals surface area contributed by atoms with Gasteiger partial charge in [0.05, 0.1) is 33.0 Å². The minimum atomic E-state index is -0.681. The van der Waals surface area contributed by atoms with Gasteiger partial charge in [-0.05, 0) is 67.1 Å². The number of rotatable bonds is 10. The fraction of sp³-hybridized carbons (Fsp3) is 0.314. The van der Waals surface area contributed by atoms with Crippen molar-refractivity contribution in [3.63, 3.8) is 0 Å². The molecule has 3 aromatic rings. The summed E-state index contributed by atoms with van der Waals surface area (Å²) in [6.45, 7) is 4.22. The van der Waals surface area contributed by atoms with Crippen LogP contribution in [0.25, 0.3) is 0 Å². The molecule has 0 radical (unpaired) electrons. The van der Waals surface area contributed by atoms with E-state index < -0.39 is 11.9 Å². The summed E-state index contributed by atoms with van der Waals surface area (Å²) in [4.78, 5) is 27.7. The Hall–Kier alpha value is -4.72. The van der Waals surface area contributed by atoms with Gasteiger partial charge in [-0.1, -0.05) is 42.5 Å². The summed E-state index contributed by atoms with van der Waals surface area (Å²) in [7, 11) is 3.18. The molecular formula is C35H37NO7. The number of carbonyl (C=O) groups excluding carboxylic acids is 2. The van der Waals surface area contributed by atoms with Gasteiger partial charge >= 0.3 is 5.97 Å². The molecule has 0 saturated heterocycles. The molecule has 8 nitrogen and oxygen atoms in total. The molecule has 1 aliphatic carbocycles. The van der Waals surface area contributed by atoms with Crippen LogP contribution in [0.1, 0.15) is 55.2 Å². The molecular weight excluding hydrogens is 546 g/mol. The number of methoxy groups -OCH3 is 2. The van der Waals surface area contributed by atoms with Crippen molar-refractivity contribution in [2.24, 2.45) is 0 Å². The molecule has 0 amide bonds. The molecule has 224 valence electrons. The van der Waals surface area contributed by atoms with E-state index in [1.807, 2.05) is 62.4 Å². The van der Waals surface area contributed by atoms with E-state index >= 15 is 0 Å². The Morgan fingerprint density at radius 1 is 0.930 bits per heavy atom. The maximum atomic E-state index is 14.0. The van der Waals surface area contributed by atoms with Crippen molar-refractivity contribution in [3.8, 4) is 23.0 Å². The molecule has 0 bridgehead atoms. The Morgan fingerprint density at radius 3 is 2.37 bits per heavy atom. The van der Waals surface area contributed by atoms with E-state index in [9.17, 15) is 14.7 Å². The minimum absolute atomic E-state index is 0.00934. The summed E-state index contributed by atoms with van der Waals surface area (Å²) >= 11 is 0. The van der Waals surface area contributed by atoms with Crippen molar-refractivity contribution in [2.45, 2.75) is 44.9 Å². The molecule has 0 fully saturated rings. The highest BCUT2D eigenvalue weighted by Gasteiger charge is 2.41.